The Morgan fingerprint density at radius 1 is 1.20 bits per heavy atom. The second kappa shape index (κ2) is 5.69. The molecule has 0 amide bonds. The maximum absolute atomic E-state index is 4.66. The van der Waals surface area contributed by atoms with Crippen LogP contribution in [0.3, 0.4) is 0 Å². The van der Waals surface area contributed by atoms with E-state index in [1.54, 1.807) is 18.6 Å². The molecule has 2 aromatic heterocycles. The molecule has 0 aliphatic heterocycles. The second-order valence-corrected chi connectivity index (χ2v) is 4.70. The van der Waals surface area contributed by atoms with E-state index < -0.39 is 0 Å². The van der Waals surface area contributed by atoms with Crippen molar-refractivity contribution in [1.82, 2.24) is 19.5 Å². The van der Waals surface area contributed by atoms with Gasteiger partial charge in [0.05, 0.1) is 17.2 Å². The lowest BCUT2D eigenvalue weighted by molar-refractivity contribution is 0.752. The minimum atomic E-state index is 0.817. The van der Waals surface area contributed by atoms with E-state index in [9.17, 15) is 0 Å². The summed E-state index contributed by atoms with van der Waals surface area (Å²) in [5.41, 5.74) is 2.25. The number of para-hydroxylation sites is 2. The van der Waals surface area contributed by atoms with E-state index in [2.05, 4.69) is 44.0 Å². The van der Waals surface area contributed by atoms with Crippen LogP contribution in [0.5, 0.6) is 0 Å². The minimum Gasteiger partial charge on any atom is -0.369 e. The lowest BCUT2D eigenvalue weighted by atomic mass is 10.3. The van der Waals surface area contributed by atoms with Gasteiger partial charge in [-0.15, -0.1) is 0 Å². The van der Waals surface area contributed by atoms with E-state index in [1.165, 1.54) is 5.52 Å². The standard InChI is InChI=1S/C15H17N5/c1-20-13-6-3-2-5-12(13)19-15(20)7-4-8-17-14-11-16-9-10-18-14/h2-3,5-6,9-11H,4,7-8H2,1H3,(H,17,18). The van der Waals surface area contributed by atoms with Crippen molar-refractivity contribution in [2.24, 2.45) is 7.05 Å². The Bertz CT molecular complexity index is 690. The maximum atomic E-state index is 4.66. The van der Waals surface area contributed by atoms with Gasteiger partial charge in [0.15, 0.2) is 0 Å². The summed E-state index contributed by atoms with van der Waals surface area (Å²) >= 11 is 0. The first-order valence-electron chi connectivity index (χ1n) is 6.75. The summed E-state index contributed by atoms with van der Waals surface area (Å²) in [6.45, 7) is 0.863. The van der Waals surface area contributed by atoms with Crippen LogP contribution in [0.15, 0.2) is 42.9 Å². The number of aromatic nitrogens is 4. The Labute approximate surface area is 117 Å². The van der Waals surface area contributed by atoms with Gasteiger partial charge in [-0.2, -0.15) is 0 Å². The molecule has 1 N–H and O–H groups in total. The van der Waals surface area contributed by atoms with Gasteiger partial charge in [0, 0.05) is 32.4 Å². The van der Waals surface area contributed by atoms with Crippen molar-refractivity contribution < 1.29 is 0 Å². The number of hydrogen-bond donors (Lipinski definition) is 1. The van der Waals surface area contributed by atoms with Gasteiger partial charge in [0.25, 0.3) is 0 Å². The number of nitrogens with zero attached hydrogens (tertiary/aromatic N) is 4. The largest absolute Gasteiger partial charge is 0.369 e. The lowest BCUT2D eigenvalue weighted by Gasteiger charge is -2.05. The summed E-state index contributed by atoms with van der Waals surface area (Å²) in [7, 11) is 2.07. The summed E-state index contributed by atoms with van der Waals surface area (Å²) in [5, 5.41) is 3.26. The molecule has 5 nitrogen and oxygen atoms in total. The third-order valence-electron chi connectivity index (χ3n) is 3.33. The molecule has 0 bridgehead atoms. The molecule has 0 unspecified atom stereocenters. The molecule has 0 saturated heterocycles. The predicted octanol–water partition coefficient (Wildman–Crippen LogP) is 2.41. The lowest BCUT2D eigenvalue weighted by Crippen LogP contribution is -2.06. The minimum absolute atomic E-state index is 0.817. The molecule has 3 aromatic rings. The smallest absolute Gasteiger partial charge is 0.144 e. The third kappa shape index (κ3) is 2.61. The van der Waals surface area contributed by atoms with Crippen molar-refractivity contribution in [2.75, 3.05) is 11.9 Å². The van der Waals surface area contributed by atoms with Crippen LogP contribution in [0.4, 0.5) is 5.82 Å². The average Bonchev–Trinajstić information content (AvgIpc) is 2.82. The van der Waals surface area contributed by atoms with Crippen molar-refractivity contribution in [3.63, 3.8) is 0 Å². The van der Waals surface area contributed by atoms with Crippen LogP contribution in [0, 0.1) is 0 Å². The van der Waals surface area contributed by atoms with Crippen molar-refractivity contribution >= 4 is 16.9 Å². The highest BCUT2D eigenvalue weighted by atomic mass is 15.1. The van der Waals surface area contributed by atoms with Crippen LogP contribution < -0.4 is 5.32 Å². The Hall–Kier alpha value is -2.43. The Kier molecular flexibility index (Phi) is 3.58. The van der Waals surface area contributed by atoms with E-state index in [4.69, 9.17) is 0 Å². The monoisotopic (exact) mass is 267 g/mol. The Morgan fingerprint density at radius 2 is 2.10 bits per heavy atom. The number of anilines is 1. The Balaban J connectivity index is 1.59. The van der Waals surface area contributed by atoms with Crippen LogP contribution in [-0.2, 0) is 13.5 Å². The van der Waals surface area contributed by atoms with Crippen molar-refractivity contribution in [1.29, 1.82) is 0 Å². The molecule has 0 aliphatic rings. The fraction of sp³-hybridized carbons (Fsp3) is 0.267. The van der Waals surface area contributed by atoms with E-state index in [0.29, 0.717) is 0 Å². The highest BCUT2D eigenvalue weighted by molar-refractivity contribution is 5.75. The third-order valence-corrected chi connectivity index (χ3v) is 3.33. The maximum Gasteiger partial charge on any atom is 0.144 e. The topological polar surface area (TPSA) is 55.6 Å². The van der Waals surface area contributed by atoms with Crippen LogP contribution in [0.25, 0.3) is 11.0 Å². The van der Waals surface area contributed by atoms with Gasteiger partial charge in [-0.1, -0.05) is 12.1 Å². The quantitative estimate of drug-likeness (QED) is 0.721. The fourth-order valence-corrected chi connectivity index (χ4v) is 2.27. The highest BCUT2D eigenvalue weighted by Crippen LogP contribution is 2.15. The first-order chi connectivity index (χ1) is 9.84. The van der Waals surface area contributed by atoms with Crippen LogP contribution in [0.1, 0.15) is 12.2 Å². The summed E-state index contributed by atoms with van der Waals surface area (Å²) in [6, 6.07) is 8.22. The molecule has 0 aliphatic carbocycles. The Morgan fingerprint density at radius 3 is 2.90 bits per heavy atom. The summed E-state index contributed by atoms with van der Waals surface area (Å²) < 4.78 is 2.16. The first-order valence-corrected chi connectivity index (χ1v) is 6.75. The number of nitrogens with one attached hydrogen (secondary N) is 1. The van der Waals surface area contributed by atoms with Crippen molar-refractivity contribution in [3.05, 3.63) is 48.7 Å². The second-order valence-electron chi connectivity index (χ2n) is 4.70. The molecule has 1 aromatic carbocycles. The molecule has 0 spiro atoms. The molecular weight excluding hydrogens is 250 g/mol. The molecule has 0 radical (unpaired) electrons. The average molecular weight is 267 g/mol. The highest BCUT2D eigenvalue weighted by Gasteiger charge is 2.06. The number of rotatable bonds is 5. The van der Waals surface area contributed by atoms with Crippen LogP contribution in [-0.4, -0.2) is 26.1 Å². The molecule has 0 atom stereocenters. The van der Waals surface area contributed by atoms with Gasteiger partial charge < -0.3 is 9.88 Å². The van der Waals surface area contributed by atoms with Gasteiger partial charge in [-0.3, -0.25) is 4.98 Å². The summed E-state index contributed by atoms with van der Waals surface area (Å²) in [5.74, 6) is 1.93. The normalized spacial score (nSPS) is 10.8. The van der Waals surface area contributed by atoms with Crippen LogP contribution >= 0.6 is 0 Å². The van der Waals surface area contributed by atoms with Gasteiger partial charge in [-0.25, -0.2) is 9.97 Å². The van der Waals surface area contributed by atoms with Gasteiger partial charge in [-0.05, 0) is 18.6 Å². The van der Waals surface area contributed by atoms with Crippen LogP contribution in [0.2, 0.25) is 0 Å². The van der Waals surface area contributed by atoms with E-state index in [0.717, 1.165) is 36.5 Å². The predicted molar refractivity (Wildman–Crippen MR) is 79.6 cm³/mol. The molecule has 3 rings (SSSR count). The van der Waals surface area contributed by atoms with Gasteiger partial charge in [0.1, 0.15) is 11.6 Å². The zero-order valence-electron chi connectivity index (χ0n) is 11.5. The number of imidazole rings is 1. The molecular formula is C15H17N5. The zero-order chi connectivity index (χ0) is 13.8. The zero-order valence-corrected chi connectivity index (χ0v) is 11.5. The number of aryl methyl sites for hydroxylation is 2. The molecule has 0 saturated carbocycles. The van der Waals surface area contributed by atoms with E-state index in [1.807, 2.05) is 12.1 Å². The number of fused-ring (bicyclic) bond motifs is 1. The summed E-state index contributed by atoms with van der Waals surface area (Å²) in [6.07, 6.45) is 7.04. The van der Waals surface area contributed by atoms with Gasteiger partial charge in [0.2, 0.25) is 0 Å². The fourth-order valence-electron chi connectivity index (χ4n) is 2.27. The molecule has 2 heterocycles. The first kappa shape index (κ1) is 12.6. The molecule has 5 heteroatoms. The van der Waals surface area contributed by atoms with E-state index >= 15 is 0 Å². The number of benzene rings is 1. The van der Waals surface area contributed by atoms with Crippen molar-refractivity contribution in [3.8, 4) is 0 Å². The molecule has 0 fully saturated rings. The van der Waals surface area contributed by atoms with Gasteiger partial charge >= 0.3 is 0 Å². The SMILES string of the molecule is Cn1c(CCCNc2cnccn2)nc2ccccc21. The van der Waals surface area contributed by atoms with Crippen molar-refractivity contribution in [2.45, 2.75) is 12.8 Å². The summed E-state index contributed by atoms with van der Waals surface area (Å²) in [4.78, 5) is 12.9. The number of hydrogen-bond acceptors (Lipinski definition) is 4. The molecule has 20 heavy (non-hydrogen) atoms. The van der Waals surface area contributed by atoms with E-state index in [-0.39, 0.29) is 0 Å². The molecule has 102 valence electrons.